The van der Waals surface area contributed by atoms with Gasteiger partial charge in [-0.2, -0.15) is 0 Å². The van der Waals surface area contributed by atoms with Crippen LogP contribution in [0.25, 0.3) is 0 Å². The molecule has 0 aliphatic rings. The van der Waals surface area contributed by atoms with Crippen molar-refractivity contribution in [2.75, 3.05) is 26.6 Å². The van der Waals surface area contributed by atoms with Gasteiger partial charge in [0.15, 0.2) is 0 Å². The molecule has 0 aromatic carbocycles. The summed E-state index contributed by atoms with van der Waals surface area (Å²) in [6, 6.07) is 0. The number of amides is 1. The highest BCUT2D eigenvalue weighted by Crippen LogP contribution is 1.79. The van der Waals surface area contributed by atoms with Crippen LogP contribution in [0.1, 0.15) is 6.92 Å². The van der Waals surface area contributed by atoms with E-state index >= 15 is 0 Å². The fraction of sp³-hybridized carbons (Fsp3) is 0.833. The minimum absolute atomic E-state index is 0.110. The zero-order valence-corrected chi connectivity index (χ0v) is 6.58. The second-order valence-corrected chi connectivity index (χ2v) is 2.16. The molecular formula is C6H14N2O3. The van der Waals surface area contributed by atoms with Crippen LogP contribution in [0.5, 0.6) is 0 Å². The summed E-state index contributed by atoms with van der Waals surface area (Å²) in [6.07, 6.45) is 0. The Kier molecular flexibility index (Phi) is 5.73. The monoisotopic (exact) mass is 162 g/mol. The van der Waals surface area contributed by atoms with Crippen LogP contribution in [0.15, 0.2) is 0 Å². The second-order valence-electron chi connectivity index (χ2n) is 2.16. The van der Waals surface area contributed by atoms with Crippen molar-refractivity contribution in [2.45, 2.75) is 6.92 Å². The number of aliphatic hydroxyl groups excluding tert-OH is 2. The summed E-state index contributed by atoms with van der Waals surface area (Å²) in [5.41, 5.74) is 0. The topological polar surface area (TPSA) is 72.8 Å². The normalized spacial score (nSPS) is 10.2. The molecule has 5 nitrogen and oxygen atoms in total. The average molecular weight is 162 g/mol. The first kappa shape index (κ1) is 10.3. The van der Waals surface area contributed by atoms with E-state index in [1.165, 1.54) is 11.8 Å². The molecule has 0 aliphatic heterocycles. The first-order valence-electron chi connectivity index (χ1n) is 3.39. The lowest BCUT2D eigenvalue weighted by Crippen LogP contribution is -2.35. The van der Waals surface area contributed by atoms with Crippen LogP contribution in [0.4, 0.5) is 0 Å². The first-order chi connectivity index (χ1) is 5.20. The van der Waals surface area contributed by atoms with Gasteiger partial charge in [-0.15, -0.1) is 0 Å². The van der Waals surface area contributed by atoms with E-state index in [4.69, 9.17) is 10.2 Å². The Hall–Kier alpha value is -0.650. The smallest absolute Gasteiger partial charge is 0.216 e. The van der Waals surface area contributed by atoms with Gasteiger partial charge in [0.25, 0.3) is 0 Å². The predicted molar refractivity (Wildman–Crippen MR) is 39.6 cm³/mol. The van der Waals surface area contributed by atoms with E-state index in [1.807, 2.05) is 0 Å². The highest BCUT2D eigenvalue weighted by Gasteiger charge is 1.99. The molecule has 0 saturated heterocycles. The summed E-state index contributed by atoms with van der Waals surface area (Å²) < 4.78 is 0. The van der Waals surface area contributed by atoms with Crippen LogP contribution in [0, 0.1) is 0 Å². The molecule has 0 atom stereocenters. The highest BCUT2D eigenvalue weighted by molar-refractivity contribution is 5.72. The van der Waals surface area contributed by atoms with Crippen LogP contribution in [0.2, 0.25) is 0 Å². The Balaban J connectivity index is 3.28. The molecule has 66 valence electrons. The summed E-state index contributed by atoms with van der Waals surface area (Å²) in [5, 5.41) is 19.6. The van der Waals surface area contributed by atoms with Gasteiger partial charge in [-0.25, -0.2) is 0 Å². The van der Waals surface area contributed by atoms with Crippen molar-refractivity contribution >= 4 is 5.91 Å². The standard InChI is InChI=1S/C6H14N2O3/c1-6(11)7-2-3-8(4-9)5-10/h9-10H,2-5H2,1H3,(H,7,11). The van der Waals surface area contributed by atoms with E-state index in [0.717, 1.165) is 0 Å². The molecule has 0 fully saturated rings. The minimum atomic E-state index is -0.198. The molecule has 3 N–H and O–H groups in total. The van der Waals surface area contributed by atoms with Gasteiger partial charge in [0.1, 0.15) is 0 Å². The zero-order valence-electron chi connectivity index (χ0n) is 6.58. The van der Waals surface area contributed by atoms with E-state index in [9.17, 15) is 4.79 Å². The number of nitrogens with zero attached hydrogens (tertiary/aromatic N) is 1. The van der Waals surface area contributed by atoms with Crippen molar-refractivity contribution in [3.63, 3.8) is 0 Å². The SMILES string of the molecule is CC(=O)NCCN(CO)CO. The fourth-order valence-electron chi connectivity index (χ4n) is 0.576. The Morgan fingerprint density at radius 3 is 2.36 bits per heavy atom. The third-order valence-electron chi connectivity index (χ3n) is 1.20. The summed E-state index contributed by atoms with van der Waals surface area (Å²) in [5.74, 6) is -0.110. The highest BCUT2D eigenvalue weighted by atomic mass is 16.3. The number of hydrogen-bond donors (Lipinski definition) is 3. The maximum Gasteiger partial charge on any atom is 0.216 e. The van der Waals surface area contributed by atoms with Crippen molar-refractivity contribution in [3.8, 4) is 0 Å². The molecular weight excluding hydrogens is 148 g/mol. The number of hydrogen-bond acceptors (Lipinski definition) is 4. The van der Waals surface area contributed by atoms with Crippen LogP contribution in [-0.2, 0) is 4.79 Å². The Bertz CT molecular complexity index is 114. The van der Waals surface area contributed by atoms with Crippen molar-refractivity contribution in [3.05, 3.63) is 0 Å². The van der Waals surface area contributed by atoms with Crippen LogP contribution in [-0.4, -0.2) is 47.6 Å². The quantitative estimate of drug-likeness (QED) is 0.422. The number of rotatable bonds is 5. The Morgan fingerprint density at radius 2 is 2.00 bits per heavy atom. The van der Waals surface area contributed by atoms with Crippen molar-refractivity contribution in [2.24, 2.45) is 0 Å². The summed E-state index contributed by atoms with van der Waals surface area (Å²) in [7, 11) is 0. The van der Waals surface area contributed by atoms with Gasteiger partial charge in [0, 0.05) is 20.0 Å². The second kappa shape index (κ2) is 6.09. The summed E-state index contributed by atoms with van der Waals surface area (Å²) in [4.78, 5) is 11.7. The van der Waals surface area contributed by atoms with E-state index < -0.39 is 0 Å². The largest absolute Gasteiger partial charge is 0.381 e. The molecule has 0 radical (unpaired) electrons. The molecule has 0 rings (SSSR count). The van der Waals surface area contributed by atoms with E-state index in [-0.39, 0.29) is 19.4 Å². The van der Waals surface area contributed by atoms with Gasteiger partial charge < -0.3 is 15.5 Å². The van der Waals surface area contributed by atoms with Gasteiger partial charge >= 0.3 is 0 Å². The number of carbonyl (C=O) groups excluding carboxylic acids is 1. The molecule has 11 heavy (non-hydrogen) atoms. The molecule has 1 amide bonds. The maximum absolute atomic E-state index is 10.3. The van der Waals surface area contributed by atoms with Gasteiger partial charge in [-0.05, 0) is 0 Å². The number of nitrogens with one attached hydrogen (secondary N) is 1. The van der Waals surface area contributed by atoms with E-state index in [2.05, 4.69) is 5.32 Å². The lowest BCUT2D eigenvalue weighted by atomic mass is 10.5. The molecule has 0 aliphatic carbocycles. The molecule has 0 bridgehead atoms. The molecule has 0 aromatic rings. The van der Waals surface area contributed by atoms with E-state index in [1.54, 1.807) is 0 Å². The van der Waals surface area contributed by atoms with Gasteiger partial charge in [0.05, 0.1) is 13.5 Å². The molecule has 0 aromatic heterocycles. The van der Waals surface area contributed by atoms with Gasteiger partial charge in [-0.3, -0.25) is 9.69 Å². The van der Waals surface area contributed by atoms with Crippen molar-refractivity contribution in [1.82, 2.24) is 10.2 Å². The number of aliphatic hydroxyl groups is 2. The summed E-state index contributed by atoms with van der Waals surface area (Å²) in [6.45, 7) is 1.91. The Labute approximate surface area is 65.6 Å². The van der Waals surface area contributed by atoms with Crippen LogP contribution in [0.3, 0.4) is 0 Å². The van der Waals surface area contributed by atoms with Crippen LogP contribution >= 0.6 is 0 Å². The third kappa shape index (κ3) is 5.78. The van der Waals surface area contributed by atoms with E-state index in [0.29, 0.717) is 13.1 Å². The Morgan fingerprint density at radius 1 is 1.45 bits per heavy atom. The van der Waals surface area contributed by atoms with Crippen molar-refractivity contribution < 1.29 is 15.0 Å². The van der Waals surface area contributed by atoms with Gasteiger partial charge in [-0.1, -0.05) is 0 Å². The molecule has 0 unspecified atom stereocenters. The van der Waals surface area contributed by atoms with Gasteiger partial charge in [0.2, 0.25) is 5.91 Å². The lowest BCUT2D eigenvalue weighted by Gasteiger charge is -2.15. The number of carbonyl (C=O) groups is 1. The maximum atomic E-state index is 10.3. The zero-order chi connectivity index (χ0) is 8.69. The van der Waals surface area contributed by atoms with Crippen LogP contribution < -0.4 is 5.32 Å². The lowest BCUT2D eigenvalue weighted by molar-refractivity contribution is -0.119. The molecule has 0 saturated carbocycles. The van der Waals surface area contributed by atoms with Crippen molar-refractivity contribution in [1.29, 1.82) is 0 Å². The fourth-order valence-corrected chi connectivity index (χ4v) is 0.576. The molecule has 5 heteroatoms. The minimum Gasteiger partial charge on any atom is -0.381 e. The third-order valence-corrected chi connectivity index (χ3v) is 1.20. The molecule has 0 spiro atoms. The first-order valence-corrected chi connectivity index (χ1v) is 3.39. The summed E-state index contributed by atoms with van der Waals surface area (Å²) >= 11 is 0. The molecule has 0 heterocycles. The predicted octanol–water partition coefficient (Wildman–Crippen LogP) is -1.68. The average Bonchev–Trinajstić information content (AvgIpc) is 1.98.